The third-order valence-corrected chi connectivity index (χ3v) is 4.85. The van der Waals surface area contributed by atoms with Gasteiger partial charge in [0, 0.05) is 19.3 Å². The maximum atomic E-state index is 12.0. The second kappa shape index (κ2) is 6.84. The molecule has 21 heavy (non-hydrogen) atoms. The Balaban J connectivity index is 2.04. The summed E-state index contributed by atoms with van der Waals surface area (Å²) in [5, 5.41) is 4.37. The van der Waals surface area contributed by atoms with Gasteiger partial charge in [-0.25, -0.2) is 4.68 Å². The number of nitrogens with one attached hydrogen (secondary N) is 1. The van der Waals surface area contributed by atoms with Crippen molar-refractivity contribution in [2.75, 3.05) is 13.1 Å². The van der Waals surface area contributed by atoms with Crippen LogP contribution >= 0.6 is 0 Å². The molecule has 1 aromatic carbocycles. The van der Waals surface area contributed by atoms with Crippen molar-refractivity contribution >= 4 is 10.2 Å². The number of benzene rings is 1. The molecule has 0 bridgehead atoms. The Hall–Kier alpha value is -1.70. The van der Waals surface area contributed by atoms with E-state index in [0.717, 1.165) is 5.69 Å². The van der Waals surface area contributed by atoms with Gasteiger partial charge in [0.15, 0.2) is 0 Å². The van der Waals surface area contributed by atoms with Gasteiger partial charge in [0.1, 0.15) is 0 Å². The molecular formula is C14H20N4O2S. The molecule has 7 heteroatoms. The zero-order valence-corrected chi connectivity index (χ0v) is 13.0. The summed E-state index contributed by atoms with van der Waals surface area (Å²) in [4.78, 5) is 0. The van der Waals surface area contributed by atoms with E-state index in [1.54, 1.807) is 10.7 Å². The Morgan fingerprint density at radius 2 is 1.81 bits per heavy atom. The molecule has 0 aliphatic heterocycles. The number of nitrogens with zero attached hydrogens (tertiary/aromatic N) is 3. The molecule has 0 spiro atoms. The van der Waals surface area contributed by atoms with Crippen molar-refractivity contribution in [3.63, 3.8) is 0 Å². The van der Waals surface area contributed by atoms with Gasteiger partial charge >= 0.3 is 0 Å². The number of hydrogen-bond donors (Lipinski definition) is 1. The zero-order chi connectivity index (χ0) is 15.3. The number of rotatable bonds is 7. The van der Waals surface area contributed by atoms with Crippen LogP contribution in [0.25, 0.3) is 5.69 Å². The minimum Gasteiger partial charge on any atom is -0.241 e. The molecule has 1 heterocycles. The van der Waals surface area contributed by atoms with Crippen LogP contribution < -0.4 is 4.72 Å². The molecule has 0 aliphatic rings. The van der Waals surface area contributed by atoms with E-state index in [9.17, 15) is 8.42 Å². The van der Waals surface area contributed by atoms with Crippen LogP contribution in [-0.4, -0.2) is 35.6 Å². The summed E-state index contributed by atoms with van der Waals surface area (Å²) in [5.41, 5.74) is 1.62. The Kier molecular flexibility index (Phi) is 5.11. The van der Waals surface area contributed by atoms with Gasteiger partial charge < -0.3 is 0 Å². The van der Waals surface area contributed by atoms with Crippen molar-refractivity contribution in [2.45, 2.75) is 20.4 Å². The van der Waals surface area contributed by atoms with Crippen molar-refractivity contribution in [1.29, 1.82) is 0 Å². The Labute approximate surface area is 125 Å². The van der Waals surface area contributed by atoms with Gasteiger partial charge in [0.25, 0.3) is 10.2 Å². The first-order chi connectivity index (χ1) is 10.1. The lowest BCUT2D eigenvalue weighted by atomic mass is 10.3. The van der Waals surface area contributed by atoms with Crippen LogP contribution in [0.4, 0.5) is 0 Å². The van der Waals surface area contributed by atoms with Crippen LogP contribution in [0.2, 0.25) is 0 Å². The first kappa shape index (κ1) is 15.7. The molecule has 0 amide bonds. The molecule has 2 rings (SSSR count). The molecule has 2 aromatic rings. The fourth-order valence-electron chi connectivity index (χ4n) is 2.00. The van der Waals surface area contributed by atoms with Crippen LogP contribution in [0, 0.1) is 0 Å². The first-order valence-electron chi connectivity index (χ1n) is 6.91. The second-order valence-electron chi connectivity index (χ2n) is 4.50. The molecule has 0 atom stereocenters. The molecule has 114 valence electrons. The quantitative estimate of drug-likeness (QED) is 0.844. The molecule has 0 fully saturated rings. The summed E-state index contributed by atoms with van der Waals surface area (Å²) >= 11 is 0. The molecule has 0 saturated heterocycles. The van der Waals surface area contributed by atoms with E-state index in [4.69, 9.17) is 0 Å². The topological polar surface area (TPSA) is 67.2 Å². The Morgan fingerprint density at radius 1 is 1.14 bits per heavy atom. The van der Waals surface area contributed by atoms with Crippen molar-refractivity contribution in [1.82, 2.24) is 18.8 Å². The average molecular weight is 308 g/mol. The molecule has 1 aromatic heterocycles. The van der Waals surface area contributed by atoms with E-state index in [-0.39, 0.29) is 6.54 Å². The summed E-state index contributed by atoms with van der Waals surface area (Å²) in [6.07, 6.45) is 1.82. The fourth-order valence-corrected chi connectivity index (χ4v) is 3.19. The van der Waals surface area contributed by atoms with E-state index in [0.29, 0.717) is 18.8 Å². The maximum absolute atomic E-state index is 12.0. The summed E-state index contributed by atoms with van der Waals surface area (Å²) in [6.45, 7) is 4.70. The zero-order valence-electron chi connectivity index (χ0n) is 12.2. The lowest BCUT2D eigenvalue weighted by molar-refractivity contribution is 0.434. The monoisotopic (exact) mass is 308 g/mol. The summed E-state index contributed by atoms with van der Waals surface area (Å²) in [5.74, 6) is 0. The van der Waals surface area contributed by atoms with E-state index in [1.165, 1.54) is 4.31 Å². The van der Waals surface area contributed by atoms with Gasteiger partial charge in [-0.1, -0.05) is 32.0 Å². The van der Waals surface area contributed by atoms with Gasteiger partial charge in [-0.15, -0.1) is 0 Å². The highest BCUT2D eigenvalue weighted by Gasteiger charge is 2.18. The van der Waals surface area contributed by atoms with Gasteiger partial charge in [-0.05, 0) is 18.2 Å². The minimum atomic E-state index is -3.44. The van der Waals surface area contributed by atoms with Gasteiger partial charge in [-0.2, -0.15) is 22.5 Å². The smallest absolute Gasteiger partial charge is 0.241 e. The lowest BCUT2D eigenvalue weighted by Gasteiger charge is -2.18. The molecule has 0 saturated carbocycles. The van der Waals surface area contributed by atoms with E-state index in [1.807, 2.05) is 50.4 Å². The number of hydrogen-bond acceptors (Lipinski definition) is 3. The number of aromatic nitrogens is 2. The molecule has 0 unspecified atom stereocenters. The first-order valence-corrected chi connectivity index (χ1v) is 8.35. The van der Waals surface area contributed by atoms with Crippen LogP contribution in [0.1, 0.15) is 19.5 Å². The SMILES string of the molecule is CCN(CC)S(=O)(=O)NCc1ccn(-c2ccccc2)n1. The highest BCUT2D eigenvalue weighted by molar-refractivity contribution is 7.87. The van der Waals surface area contributed by atoms with Crippen molar-refractivity contribution < 1.29 is 8.42 Å². The van der Waals surface area contributed by atoms with Gasteiger partial charge in [-0.3, -0.25) is 0 Å². The van der Waals surface area contributed by atoms with Gasteiger partial charge in [0.05, 0.1) is 17.9 Å². The molecule has 1 N–H and O–H groups in total. The minimum absolute atomic E-state index is 0.179. The van der Waals surface area contributed by atoms with Crippen LogP contribution in [0.3, 0.4) is 0 Å². The average Bonchev–Trinajstić information content (AvgIpc) is 2.96. The highest BCUT2D eigenvalue weighted by atomic mass is 32.2. The number of para-hydroxylation sites is 1. The highest BCUT2D eigenvalue weighted by Crippen LogP contribution is 2.07. The maximum Gasteiger partial charge on any atom is 0.279 e. The van der Waals surface area contributed by atoms with Crippen LogP contribution in [0.15, 0.2) is 42.6 Å². The van der Waals surface area contributed by atoms with Crippen molar-refractivity contribution in [3.05, 3.63) is 48.3 Å². The van der Waals surface area contributed by atoms with Crippen molar-refractivity contribution in [3.8, 4) is 5.69 Å². The molecular weight excluding hydrogens is 288 g/mol. The third-order valence-electron chi connectivity index (χ3n) is 3.15. The van der Waals surface area contributed by atoms with Crippen LogP contribution in [-0.2, 0) is 16.8 Å². The van der Waals surface area contributed by atoms with E-state index >= 15 is 0 Å². The lowest BCUT2D eigenvalue weighted by Crippen LogP contribution is -2.40. The van der Waals surface area contributed by atoms with E-state index in [2.05, 4.69) is 9.82 Å². The molecule has 0 aliphatic carbocycles. The summed E-state index contributed by atoms with van der Waals surface area (Å²) in [7, 11) is -3.44. The molecule has 0 radical (unpaired) electrons. The van der Waals surface area contributed by atoms with Gasteiger partial charge in [0.2, 0.25) is 0 Å². The van der Waals surface area contributed by atoms with Crippen molar-refractivity contribution in [2.24, 2.45) is 0 Å². The van der Waals surface area contributed by atoms with E-state index < -0.39 is 10.2 Å². The largest absolute Gasteiger partial charge is 0.279 e. The standard InChI is InChI=1S/C14H20N4O2S/c1-3-17(4-2)21(19,20)15-12-13-10-11-18(16-13)14-8-6-5-7-9-14/h5-11,15H,3-4,12H2,1-2H3. The molecule has 6 nitrogen and oxygen atoms in total. The second-order valence-corrected chi connectivity index (χ2v) is 6.25. The summed E-state index contributed by atoms with van der Waals surface area (Å²) in [6, 6.07) is 11.5. The van der Waals surface area contributed by atoms with Crippen LogP contribution in [0.5, 0.6) is 0 Å². The fraction of sp³-hybridized carbons (Fsp3) is 0.357. The summed E-state index contributed by atoms with van der Waals surface area (Å²) < 4.78 is 29.7. The third kappa shape index (κ3) is 3.90. The Morgan fingerprint density at radius 3 is 2.43 bits per heavy atom. The normalized spacial score (nSPS) is 12.0. The Bertz CT molecular complexity index is 663. The predicted molar refractivity (Wildman–Crippen MR) is 82.2 cm³/mol. The predicted octanol–water partition coefficient (Wildman–Crippen LogP) is 1.55.